The third-order valence-electron chi connectivity index (χ3n) is 3.68. The lowest BCUT2D eigenvalue weighted by atomic mass is 10.1. The van der Waals surface area contributed by atoms with Gasteiger partial charge in [0.15, 0.2) is 0 Å². The Hall–Kier alpha value is -0.660. The molecule has 0 aromatic heterocycles. The van der Waals surface area contributed by atoms with E-state index < -0.39 is 0 Å². The quantitative estimate of drug-likeness (QED) is 0.556. The maximum Gasteiger partial charge on any atom is 0.100 e. The Morgan fingerprint density at radius 2 is 1.59 bits per heavy atom. The molecule has 0 saturated carbocycles. The zero-order valence-electron chi connectivity index (χ0n) is 12.0. The van der Waals surface area contributed by atoms with Crippen LogP contribution >= 0.6 is 0 Å². The average molecular weight is 238 g/mol. The molecule has 0 N–H and O–H groups in total. The normalized spacial score (nSPS) is 19.4. The summed E-state index contributed by atoms with van der Waals surface area (Å²) < 4.78 is 0. The highest BCUT2D eigenvalue weighted by Gasteiger charge is 2.21. The molecule has 1 unspecified atom stereocenters. The molecule has 0 radical (unpaired) electrons. The second-order valence-corrected chi connectivity index (χ2v) is 5.24. The van der Waals surface area contributed by atoms with E-state index in [1.54, 1.807) is 0 Å². The Morgan fingerprint density at radius 1 is 0.882 bits per heavy atom. The number of unbranched alkanes of at least 4 members (excludes halogenated alkanes) is 5. The van der Waals surface area contributed by atoms with Crippen molar-refractivity contribution < 1.29 is 0 Å². The van der Waals surface area contributed by atoms with E-state index in [4.69, 9.17) is 0 Å². The molecule has 0 amide bonds. The molecular formula is C15H30N2. The summed E-state index contributed by atoms with van der Waals surface area (Å²) in [5.74, 6) is 0. The first-order valence-electron chi connectivity index (χ1n) is 7.45. The monoisotopic (exact) mass is 238 g/mol. The van der Waals surface area contributed by atoms with Gasteiger partial charge in [0.25, 0.3) is 0 Å². The van der Waals surface area contributed by atoms with Gasteiger partial charge in [0.1, 0.15) is 6.17 Å². The zero-order chi connectivity index (χ0) is 12.5. The summed E-state index contributed by atoms with van der Waals surface area (Å²) in [6.45, 7) is 5.79. The SMILES string of the molecule is CCCCCCCN1C=CN(C)C1CCCC. The van der Waals surface area contributed by atoms with Gasteiger partial charge in [-0.15, -0.1) is 0 Å². The van der Waals surface area contributed by atoms with Crippen molar-refractivity contribution in [3.63, 3.8) is 0 Å². The Balaban J connectivity index is 2.19. The van der Waals surface area contributed by atoms with Crippen LogP contribution in [0.1, 0.15) is 65.2 Å². The fraction of sp³-hybridized carbons (Fsp3) is 0.867. The zero-order valence-corrected chi connectivity index (χ0v) is 12.0. The number of rotatable bonds is 9. The van der Waals surface area contributed by atoms with Crippen LogP contribution in [0.4, 0.5) is 0 Å². The molecule has 1 rings (SSSR count). The van der Waals surface area contributed by atoms with Gasteiger partial charge >= 0.3 is 0 Å². The van der Waals surface area contributed by atoms with Crippen LogP contribution in [0.3, 0.4) is 0 Å². The summed E-state index contributed by atoms with van der Waals surface area (Å²) in [5, 5.41) is 0. The van der Waals surface area contributed by atoms with Crippen molar-refractivity contribution in [3.05, 3.63) is 12.4 Å². The van der Waals surface area contributed by atoms with Crippen molar-refractivity contribution in [2.75, 3.05) is 13.6 Å². The minimum Gasteiger partial charge on any atom is -0.359 e. The van der Waals surface area contributed by atoms with Gasteiger partial charge in [0.05, 0.1) is 0 Å². The maximum absolute atomic E-state index is 2.53. The predicted molar refractivity (Wildman–Crippen MR) is 75.7 cm³/mol. The Morgan fingerprint density at radius 3 is 2.29 bits per heavy atom. The third-order valence-corrected chi connectivity index (χ3v) is 3.68. The van der Waals surface area contributed by atoms with Gasteiger partial charge in [-0.1, -0.05) is 46.0 Å². The summed E-state index contributed by atoms with van der Waals surface area (Å²) in [6, 6.07) is 0. The minimum absolute atomic E-state index is 0.626. The van der Waals surface area contributed by atoms with Crippen LogP contribution in [0.25, 0.3) is 0 Å². The summed E-state index contributed by atoms with van der Waals surface area (Å²) in [4.78, 5) is 4.89. The fourth-order valence-electron chi connectivity index (χ4n) is 2.50. The van der Waals surface area contributed by atoms with Crippen LogP contribution in [-0.4, -0.2) is 29.6 Å². The molecule has 1 heterocycles. The first kappa shape index (κ1) is 14.4. The highest BCUT2D eigenvalue weighted by atomic mass is 15.4. The smallest absolute Gasteiger partial charge is 0.100 e. The second-order valence-electron chi connectivity index (χ2n) is 5.24. The van der Waals surface area contributed by atoms with Gasteiger partial charge in [0, 0.05) is 26.0 Å². The van der Waals surface area contributed by atoms with Crippen molar-refractivity contribution in [2.24, 2.45) is 0 Å². The highest BCUT2D eigenvalue weighted by Crippen LogP contribution is 2.20. The third kappa shape index (κ3) is 5.01. The molecule has 100 valence electrons. The molecule has 2 nitrogen and oxygen atoms in total. The first-order chi connectivity index (χ1) is 8.29. The van der Waals surface area contributed by atoms with Gasteiger partial charge in [-0.2, -0.15) is 0 Å². The van der Waals surface area contributed by atoms with Crippen molar-refractivity contribution in [1.29, 1.82) is 0 Å². The molecule has 0 bridgehead atoms. The molecule has 1 atom stereocenters. The Labute approximate surface area is 108 Å². The van der Waals surface area contributed by atoms with Crippen molar-refractivity contribution in [2.45, 2.75) is 71.4 Å². The number of hydrogen-bond donors (Lipinski definition) is 0. The van der Waals surface area contributed by atoms with E-state index in [0.29, 0.717) is 6.17 Å². The summed E-state index contributed by atoms with van der Waals surface area (Å²) in [5.41, 5.74) is 0. The molecule has 0 aromatic rings. The van der Waals surface area contributed by atoms with E-state index >= 15 is 0 Å². The van der Waals surface area contributed by atoms with E-state index in [0.717, 1.165) is 0 Å². The molecule has 0 fully saturated rings. The molecule has 0 spiro atoms. The van der Waals surface area contributed by atoms with Crippen LogP contribution in [0.15, 0.2) is 12.4 Å². The summed E-state index contributed by atoms with van der Waals surface area (Å²) >= 11 is 0. The molecule has 0 aromatic carbocycles. The van der Waals surface area contributed by atoms with E-state index in [-0.39, 0.29) is 0 Å². The molecule has 1 aliphatic rings. The van der Waals surface area contributed by atoms with E-state index in [1.807, 2.05) is 0 Å². The van der Waals surface area contributed by atoms with Gasteiger partial charge in [0.2, 0.25) is 0 Å². The largest absolute Gasteiger partial charge is 0.359 e. The van der Waals surface area contributed by atoms with E-state index in [2.05, 4.69) is 43.1 Å². The van der Waals surface area contributed by atoms with Crippen molar-refractivity contribution in [1.82, 2.24) is 9.80 Å². The van der Waals surface area contributed by atoms with Gasteiger partial charge in [-0.25, -0.2) is 0 Å². The number of nitrogens with zero attached hydrogens (tertiary/aromatic N) is 2. The average Bonchev–Trinajstić information content (AvgIpc) is 2.68. The lowest BCUT2D eigenvalue weighted by molar-refractivity contribution is 0.160. The fourth-order valence-corrected chi connectivity index (χ4v) is 2.50. The molecule has 1 aliphatic heterocycles. The van der Waals surface area contributed by atoms with Crippen molar-refractivity contribution in [3.8, 4) is 0 Å². The molecule has 2 heteroatoms. The molecule has 17 heavy (non-hydrogen) atoms. The highest BCUT2D eigenvalue weighted by molar-refractivity contribution is 4.95. The van der Waals surface area contributed by atoms with E-state index in [9.17, 15) is 0 Å². The predicted octanol–water partition coefficient (Wildman–Crippen LogP) is 4.19. The summed E-state index contributed by atoms with van der Waals surface area (Å²) in [6.07, 6.45) is 16.0. The van der Waals surface area contributed by atoms with Crippen LogP contribution in [0.2, 0.25) is 0 Å². The standard InChI is InChI=1S/C15H30N2/c1-4-6-8-9-10-12-17-14-13-16(3)15(17)11-7-5-2/h13-15H,4-12H2,1-3H3. The Bertz CT molecular complexity index is 213. The van der Waals surface area contributed by atoms with Gasteiger partial charge in [-0.05, 0) is 19.3 Å². The molecule has 0 saturated heterocycles. The van der Waals surface area contributed by atoms with Crippen molar-refractivity contribution >= 4 is 0 Å². The lowest BCUT2D eigenvalue weighted by Gasteiger charge is -2.30. The van der Waals surface area contributed by atoms with Gasteiger partial charge in [-0.3, -0.25) is 0 Å². The lowest BCUT2D eigenvalue weighted by Crippen LogP contribution is -2.36. The molecule has 0 aliphatic carbocycles. The van der Waals surface area contributed by atoms with Crippen LogP contribution in [-0.2, 0) is 0 Å². The molecular weight excluding hydrogens is 208 g/mol. The first-order valence-corrected chi connectivity index (χ1v) is 7.45. The summed E-state index contributed by atoms with van der Waals surface area (Å²) in [7, 11) is 2.20. The minimum atomic E-state index is 0.626. The van der Waals surface area contributed by atoms with Gasteiger partial charge < -0.3 is 9.80 Å². The van der Waals surface area contributed by atoms with E-state index in [1.165, 1.54) is 57.9 Å². The number of hydrogen-bond acceptors (Lipinski definition) is 2. The Kier molecular flexibility index (Phi) is 7.14. The second kappa shape index (κ2) is 8.43. The topological polar surface area (TPSA) is 6.48 Å². The van der Waals surface area contributed by atoms with Crippen LogP contribution in [0, 0.1) is 0 Å². The maximum atomic E-state index is 2.53. The van der Waals surface area contributed by atoms with Crippen LogP contribution < -0.4 is 0 Å². The van der Waals surface area contributed by atoms with Crippen LogP contribution in [0.5, 0.6) is 0 Å².